The minimum atomic E-state index is -3.36. The quantitative estimate of drug-likeness (QED) is 0.224. The van der Waals surface area contributed by atoms with E-state index in [1.54, 1.807) is 24.0 Å². The van der Waals surface area contributed by atoms with Crippen LogP contribution in [0, 0.1) is 17.9 Å². The van der Waals surface area contributed by atoms with Crippen LogP contribution in [-0.4, -0.2) is 65.6 Å². The van der Waals surface area contributed by atoms with Crippen molar-refractivity contribution in [3.63, 3.8) is 0 Å². The smallest absolute Gasteiger partial charge is 0.303 e. The summed E-state index contributed by atoms with van der Waals surface area (Å²) in [5, 5.41) is 14.8. The van der Waals surface area contributed by atoms with Crippen LogP contribution in [0.3, 0.4) is 0 Å². The number of nitrogens with zero attached hydrogens (tertiary/aromatic N) is 7. The highest BCUT2D eigenvalue weighted by molar-refractivity contribution is 7.89. The number of nitriles is 1. The number of hydrogen-bond donors (Lipinski definition) is 0. The Kier molecular flexibility index (Phi) is 7.08. The predicted octanol–water partition coefficient (Wildman–Crippen LogP) is 4.04. The van der Waals surface area contributed by atoms with Crippen molar-refractivity contribution < 1.29 is 13.2 Å². The maximum atomic E-state index is 12.3. The Morgan fingerprint density at radius 2 is 2.03 bits per heavy atom. The van der Waals surface area contributed by atoms with Crippen LogP contribution >= 0.6 is 0 Å². The standard InChI is InChI=1S/C24H31N7O3SSi/c1-6-35(32,33)30-16-24(17-30,9-10-25)31-15-21(22(26-2)28-31)19-7-11-27-23-20(19)8-12-29(23)18-34-13-14-36(3,4)5/h7-8,11-12,15H,6,9,13-14,16-18H2,1,3-5H3. The highest BCUT2D eigenvalue weighted by Crippen LogP contribution is 2.40. The minimum Gasteiger partial charge on any atom is -0.361 e. The number of fused-ring (bicyclic) bond motifs is 1. The Hall–Kier alpha value is -3.03. The van der Waals surface area contributed by atoms with Gasteiger partial charge in [0.25, 0.3) is 0 Å². The average molecular weight is 526 g/mol. The van der Waals surface area contributed by atoms with Crippen LogP contribution in [0.15, 0.2) is 30.7 Å². The molecule has 10 nitrogen and oxygen atoms in total. The topological polar surface area (TPSA) is 110 Å². The molecule has 0 aliphatic carbocycles. The normalized spacial score (nSPS) is 15.9. The molecule has 3 aromatic heterocycles. The van der Waals surface area contributed by atoms with Gasteiger partial charge in [0.05, 0.1) is 18.2 Å². The third-order valence-electron chi connectivity index (χ3n) is 6.57. The van der Waals surface area contributed by atoms with Gasteiger partial charge >= 0.3 is 5.82 Å². The maximum absolute atomic E-state index is 12.3. The van der Waals surface area contributed by atoms with Gasteiger partial charge in [-0.05, 0) is 35.8 Å². The van der Waals surface area contributed by atoms with Gasteiger partial charge in [0.15, 0.2) is 0 Å². The van der Waals surface area contributed by atoms with E-state index in [0.29, 0.717) is 18.9 Å². The van der Waals surface area contributed by atoms with E-state index in [2.05, 4.69) is 40.6 Å². The van der Waals surface area contributed by atoms with E-state index in [0.717, 1.165) is 22.6 Å². The lowest BCUT2D eigenvalue weighted by molar-refractivity contribution is 0.0722. The SMILES string of the molecule is [C-]#[N+]c1nn(C2(CC#N)CN(S(=O)(=O)CC)C2)cc1-c1ccnc2c1ccn2COCC[Si](C)(C)C. The highest BCUT2D eigenvalue weighted by atomic mass is 32.2. The Labute approximate surface area is 213 Å². The largest absolute Gasteiger partial charge is 0.361 e. The van der Waals surface area contributed by atoms with Gasteiger partial charge in [-0.1, -0.05) is 26.2 Å². The fraction of sp³-hybridized carbons (Fsp3) is 0.500. The molecular weight excluding hydrogens is 494 g/mol. The van der Waals surface area contributed by atoms with Gasteiger partial charge in [-0.15, -0.1) is 0 Å². The summed E-state index contributed by atoms with van der Waals surface area (Å²) in [7, 11) is -4.54. The average Bonchev–Trinajstić information content (AvgIpc) is 3.42. The molecule has 4 heterocycles. The molecule has 0 unspecified atom stereocenters. The Morgan fingerprint density at radius 1 is 1.28 bits per heavy atom. The Bertz CT molecular complexity index is 1450. The zero-order chi connectivity index (χ0) is 26.1. The lowest BCUT2D eigenvalue weighted by Crippen LogP contribution is -2.64. The number of aromatic nitrogens is 4. The van der Waals surface area contributed by atoms with Crippen molar-refractivity contribution >= 4 is 34.9 Å². The zero-order valence-electron chi connectivity index (χ0n) is 21.1. The van der Waals surface area contributed by atoms with Crippen molar-refractivity contribution in [1.82, 2.24) is 23.6 Å². The summed E-state index contributed by atoms with van der Waals surface area (Å²) in [5.74, 6) is 0.206. The van der Waals surface area contributed by atoms with E-state index in [9.17, 15) is 13.7 Å². The predicted molar refractivity (Wildman–Crippen MR) is 141 cm³/mol. The van der Waals surface area contributed by atoms with Crippen LogP contribution in [0.25, 0.3) is 27.0 Å². The molecule has 0 spiro atoms. The first-order valence-electron chi connectivity index (χ1n) is 11.9. The van der Waals surface area contributed by atoms with Crippen LogP contribution in [0.5, 0.6) is 0 Å². The number of rotatable bonds is 10. The fourth-order valence-electron chi connectivity index (χ4n) is 4.33. The molecule has 4 rings (SSSR count). The molecule has 1 aliphatic heterocycles. The molecule has 0 amide bonds. The van der Waals surface area contributed by atoms with Gasteiger partial charge < -0.3 is 14.1 Å². The summed E-state index contributed by atoms with van der Waals surface area (Å²) in [4.78, 5) is 8.18. The molecule has 12 heteroatoms. The van der Waals surface area contributed by atoms with Crippen molar-refractivity contribution in [3.8, 4) is 17.2 Å². The molecule has 0 N–H and O–H groups in total. The van der Waals surface area contributed by atoms with Crippen LogP contribution < -0.4 is 0 Å². The number of pyridine rings is 1. The third-order valence-corrected chi connectivity index (χ3v) is 10.1. The molecule has 3 aromatic rings. The fourth-order valence-corrected chi connectivity index (χ4v) is 6.32. The van der Waals surface area contributed by atoms with E-state index in [1.807, 2.05) is 22.9 Å². The summed E-state index contributed by atoms with van der Waals surface area (Å²) in [6.45, 7) is 17.7. The Morgan fingerprint density at radius 3 is 2.67 bits per heavy atom. The molecule has 0 bridgehead atoms. The molecular formula is C24H31N7O3SSi. The summed E-state index contributed by atoms with van der Waals surface area (Å²) >= 11 is 0. The van der Waals surface area contributed by atoms with Gasteiger partial charge in [-0.2, -0.15) is 14.2 Å². The molecule has 1 aliphatic rings. The van der Waals surface area contributed by atoms with Gasteiger partial charge in [0.2, 0.25) is 10.0 Å². The summed E-state index contributed by atoms with van der Waals surface area (Å²) in [6.07, 6.45) is 5.48. The van der Waals surface area contributed by atoms with E-state index < -0.39 is 23.6 Å². The summed E-state index contributed by atoms with van der Waals surface area (Å²) in [5.41, 5.74) is 1.39. The first-order valence-corrected chi connectivity index (χ1v) is 17.2. The van der Waals surface area contributed by atoms with Crippen molar-refractivity contribution in [3.05, 3.63) is 42.1 Å². The van der Waals surface area contributed by atoms with Crippen molar-refractivity contribution in [2.45, 2.75) is 51.3 Å². The second-order valence-corrected chi connectivity index (χ2v) is 18.3. The number of ether oxygens (including phenoxy) is 1. The van der Waals surface area contributed by atoms with Crippen LogP contribution in [-0.2, 0) is 27.0 Å². The van der Waals surface area contributed by atoms with Gasteiger partial charge in [0, 0.05) is 57.3 Å². The monoisotopic (exact) mass is 525 g/mol. The van der Waals surface area contributed by atoms with E-state index in [1.165, 1.54) is 4.31 Å². The molecule has 1 saturated heterocycles. The lowest BCUT2D eigenvalue weighted by Gasteiger charge is -2.46. The second kappa shape index (κ2) is 9.79. The van der Waals surface area contributed by atoms with Crippen LogP contribution in [0.2, 0.25) is 25.7 Å². The third kappa shape index (κ3) is 4.95. The summed E-state index contributed by atoms with van der Waals surface area (Å²) < 4.78 is 35.4. The highest BCUT2D eigenvalue weighted by Gasteiger charge is 2.51. The number of sulfonamides is 1. The molecule has 36 heavy (non-hydrogen) atoms. The molecule has 0 aromatic carbocycles. The second-order valence-electron chi connectivity index (χ2n) is 10.4. The first kappa shape index (κ1) is 26.0. The molecule has 190 valence electrons. The van der Waals surface area contributed by atoms with E-state index in [4.69, 9.17) is 11.3 Å². The van der Waals surface area contributed by atoms with Gasteiger partial charge in [0.1, 0.15) is 17.9 Å². The first-order chi connectivity index (χ1) is 17.0. The lowest BCUT2D eigenvalue weighted by atomic mass is 9.89. The van der Waals surface area contributed by atoms with Crippen molar-refractivity contribution in [2.24, 2.45) is 0 Å². The minimum absolute atomic E-state index is 0.00113. The number of hydrogen-bond acceptors (Lipinski definition) is 6. The maximum Gasteiger partial charge on any atom is 0.303 e. The molecule has 0 radical (unpaired) electrons. The van der Waals surface area contributed by atoms with E-state index >= 15 is 0 Å². The molecule has 0 atom stereocenters. The molecule has 1 fully saturated rings. The van der Waals surface area contributed by atoms with Gasteiger partial charge in [-0.25, -0.2) is 13.4 Å². The van der Waals surface area contributed by atoms with Crippen LogP contribution in [0.1, 0.15) is 13.3 Å². The summed E-state index contributed by atoms with van der Waals surface area (Å²) in [6, 6.07) is 7.05. The van der Waals surface area contributed by atoms with E-state index in [-0.39, 0.29) is 31.1 Å². The molecule has 0 saturated carbocycles. The Balaban J connectivity index is 1.65. The van der Waals surface area contributed by atoms with Crippen molar-refractivity contribution in [2.75, 3.05) is 25.4 Å². The van der Waals surface area contributed by atoms with Crippen molar-refractivity contribution in [1.29, 1.82) is 5.26 Å². The van der Waals surface area contributed by atoms with Gasteiger partial charge in [-0.3, -0.25) is 0 Å². The zero-order valence-corrected chi connectivity index (χ0v) is 22.9. The van der Waals surface area contributed by atoms with Crippen LogP contribution in [0.4, 0.5) is 5.82 Å².